The minimum Gasteiger partial charge on any atom is -0.490 e. The van der Waals surface area contributed by atoms with Crippen LogP contribution in [0.3, 0.4) is 0 Å². The van der Waals surface area contributed by atoms with Crippen LogP contribution in [0, 0.1) is 13.8 Å². The molecule has 0 aromatic heterocycles. The third kappa shape index (κ3) is 5.90. The van der Waals surface area contributed by atoms with E-state index in [0.29, 0.717) is 40.4 Å². The number of carbonyl (C=O) groups excluding carboxylic acids is 3. The molecule has 0 spiro atoms. The van der Waals surface area contributed by atoms with Crippen molar-refractivity contribution in [3.05, 3.63) is 69.1 Å². The van der Waals surface area contributed by atoms with Gasteiger partial charge in [-0.05, 0) is 89.4 Å². The van der Waals surface area contributed by atoms with Gasteiger partial charge in [0.2, 0.25) is 5.91 Å². The maximum Gasteiger partial charge on any atom is 0.294 e. The highest BCUT2D eigenvalue weighted by molar-refractivity contribution is 9.10. The monoisotopic (exact) mass is 544 g/mol. The first-order valence-corrected chi connectivity index (χ1v) is 12.2. The smallest absolute Gasteiger partial charge is 0.294 e. The van der Waals surface area contributed by atoms with E-state index >= 15 is 0 Å². The highest BCUT2D eigenvalue weighted by Crippen LogP contribution is 2.39. The summed E-state index contributed by atoms with van der Waals surface area (Å²) in [6.45, 7) is 9.71. The maximum atomic E-state index is 12.9. The van der Waals surface area contributed by atoms with E-state index < -0.39 is 17.1 Å². The zero-order chi connectivity index (χ0) is 24.8. The summed E-state index contributed by atoms with van der Waals surface area (Å²) in [4.78, 5) is 39.1. The molecule has 1 aliphatic rings. The summed E-state index contributed by atoms with van der Waals surface area (Å²) < 4.78 is 12.0. The van der Waals surface area contributed by atoms with Gasteiger partial charge in [-0.1, -0.05) is 24.8 Å². The Morgan fingerprint density at radius 2 is 2.00 bits per heavy atom. The van der Waals surface area contributed by atoms with E-state index in [-0.39, 0.29) is 11.4 Å². The quantitative estimate of drug-likeness (QED) is 0.321. The summed E-state index contributed by atoms with van der Waals surface area (Å²) in [6, 6.07) is 9.06. The van der Waals surface area contributed by atoms with E-state index in [2.05, 4.69) is 27.8 Å². The molecule has 1 N–H and O–H groups in total. The second kappa shape index (κ2) is 11.4. The minimum absolute atomic E-state index is 0.221. The molecule has 0 unspecified atom stereocenters. The van der Waals surface area contributed by atoms with Crippen molar-refractivity contribution in [3.8, 4) is 11.5 Å². The number of imide groups is 1. The fourth-order valence-corrected chi connectivity index (χ4v) is 4.64. The first-order chi connectivity index (χ1) is 16.2. The molecule has 1 heterocycles. The fourth-order valence-electron chi connectivity index (χ4n) is 3.22. The number of carbonyl (C=O) groups is 3. The highest BCUT2D eigenvalue weighted by Gasteiger charge is 2.36. The number of halogens is 1. The van der Waals surface area contributed by atoms with Gasteiger partial charge in [0.25, 0.3) is 11.1 Å². The average Bonchev–Trinajstić information content (AvgIpc) is 3.04. The molecule has 3 rings (SSSR count). The number of ether oxygens (including phenoxy) is 2. The number of aryl methyl sites for hydroxylation is 1. The predicted octanol–water partition coefficient (Wildman–Crippen LogP) is 5.70. The van der Waals surface area contributed by atoms with E-state index in [1.54, 1.807) is 30.4 Å². The highest BCUT2D eigenvalue weighted by atomic mass is 79.9. The normalized spacial score (nSPS) is 14.5. The molecule has 178 valence electrons. The summed E-state index contributed by atoms with van der Waals surface area (Å²) in [5, 5.41) is 2.28. The SMILES string of the molecule is C=CCOc1c(Br)cc(/C=C2/SC(=O)N(CC(=O)Nc3cccc(C)c3C)C2=O)cc1OCC. The number of thioether (sulfide) groups is 1. The third-order valence-corrected chi connectivity index (χ3v) is 6.53. The van der Waals surface area contributed by atoms with Crippen LogP contribution in [0.5, 0.6) is 11.5 Å². The van der Waals surface area contributed by atoms with Gasteiger partial charge in [-0.3, -0.25) is 19.3 Å². The van der Waals surface area contributed by atoms with Crippen molar-refractivity contribution in [2.45, 2.75) is 20.8 Å². The Morgan fingerprint density at radius 1 is 1.24 bits per heavy atom. The number of amides is 3. The zero-order valence-electron chi connectivity index (χ0n) is 19.1. The molecule has 7 nitrogen and oxygen atoms in total. The number of hydrogen-bond donors (Lipinski definition) is 1. The largest absolute Gasteiger partial charge is 0.490 e. The topological polar surface area (TPSA) is 84.9 Å². The molecule has 34 heavy (non-hydrogen) atoms. The van der Waals surface area contributed by atoms with Gasteiger partial charge in [-0.15, -0.1) is 0 Å². The number of anilines is 1. The van der Waals surface area contributed by atoms with E-state index in [9.17, 15) is 14.4 Å². The number of rotatable bonds is 9. The minimum atomic E-state index is -0.521. The van der Waals surface area contributed by atoms with Gasteiger partial charge in [-0.25, -0.2) is 0 Å². The third-order valence-electron chi connectivity index (χ3n) is 5.03. The van der Waals surface area contributed by atoms with Crippen LogP contribution in [-0.2, 0) is 9.59 Å². The molecular formula is C25H25BrN2O5S. The summed E-state index contributed by atoms with van der Waals surface area (Å²) >= 11 is 4.26. The van der Waals surface area contributed by atoms with Crippen LogP contribution >= 0.6 is 27.7 Å². The van der Waals surface area contributed by atoms with Crippen molar-refractivity contribution in [2.24, 2.45) is 0 Å². The maximum absolute atomic E-state index is 12.9. The Bertz CT molecular complexity index is 1180. The van der Waals surface area contributed by atoms with E-state index in [0.717, 1.165) is 27.8 Å². The summed E-state index contributed by atoms with van der Waals surface area (Å²) in [6.07, 6.45) is 3.22. The van der Waals surface area contributed by atoms with Crippen LogP contribution in [0.15, 0.2) is 52.4 Å². The molecule has 0 atom stereocenters. The molecule has 2 aromatic rings. The molecule has 0 radical (unpaired) electrons. The molecule has 0 saturated carbocycles. The molecule has 9 heteroatoms. The lowest BCUT2D eigenvalue weighted by Gasteiger charge is -2.14. The van der Waals surface area contributed by atoms with Gasteiger partial charge in [-0.2, -0.15) is 0 Å². The van der Waals surface area contributed by atoms with Crippen LogP contribution in [-0.4, -0.2) is 41.7 Å². The lowest BCUT2D eigenvalue weighted by molar-refractivity contribution is -0.127. The van der Waals surface area contributed by atoms with Gasteiger partial charge < -0.3 is 14.8 Å². The van der Waals surface area contributed by atoms with Gasteiger partial charge in [0, 0.05) is 5.69 Å². The molecule has 1 aliphatic heterocycles. The van der Waals surface area contributed by atoms with E-state index in [1.807, 2.05) is 32.9 Å². The molecule has 2 aromatic carbocycles. The first kappa shape index (κ1) is 25.6. The van der Waals surface area contributed by atoms with Gasteiger partial charge in [0.05, 0.1) is 16.0 Å². The molecule has 3 amide bonds. The number of hydrogen-bond acceptors (Lipinski definition) is 6. The Kier molecular flexibility index (Phi) is 8.57. The first-order valence-electron chi connectivity index (χ1n) is 10.6. The van der Waals surface area contributed by atoms with Crippen LogP contribution in [0.1, 0.15) is 23.6 Å². The summed E-state index contributed by atoms with van der Waals surface area (Å²) in [7, 11) is 0. The Labute approximate surface area is 211 Å². The van der Waals surface area contributed by atoms with Crippen molar-refractivity contribution in [2.75, 3.05) is 25.1 Å². The summed E-state index contributed by atoms with van der Waals surface area (Å²) in [5.41, 5.74) is 3.26. The number of nitrogens with zero attached hydrogens (tertiary/aromatic N) is 1. The lowest BCUT2D eigenvalue weighted by atomic mass is 10.1. The summed E-state index contributed by atoms with van der Waals surface area (Å²) in [5.74, 6) is 0.0572. The Hall–Kier alpha value is -3.04. The van der Waals surface area contributed by atoms with Crippen LogP contribution in [0.4, 0.5) is 10.5 Å². The van der Waals surface area contributed by atoms with Gasteiger partial charge in [0.15, 0.2) is 11.5 Å². The average molecular weight is 545 g/mol. The van der Waals surface area contributed by atoms with Gasteiger partial charge in [0.1, 0.15) is 13.2 Å². The molecule has 0 bridgehead atoms. The fraction of sp³-hybridized carbons (Fsp3) is 0.240. The van der Waals surface area contributed by atoms with Gasteiger partial charge >= 0.3 is 0 Å². The Balaban J connectivity index is 1.78. The molecule has 1 saturated heterocycles. The Morgan fingerprint density at radius 3 is 2.71 bits per heavy atom. The van der Waals surface area contributed by atoms with Crippen molar-refractivity contribution in [1.29, 1.82) is 0 Å². The number of nitrogens with one attached hydrogen (secondary N) is 1. The molecule has 1 fully saturated rings. The van der Waals surface area contributed by atoms with Crippen LogP contribution in [0.25, 0.3) is 6.08 Å². The van der Waals surface area contributed by atoms with E-state index in [1.165, 1.54) is 0 Å². The number of benzene rings is 2. The van der Waals surface area contributed by atoms with Crippen molar-refractivity contribution in [1.82, 2.24) is 4.90 Å². The standard InChI is InChI=1S/C25H25BrN2O5S/c1-5-10-33-23-18(26)11-17(12-20(23)32-6-2)13-21-24(30)28(25(31)34-21)14-22(29)27-19-9-7-8-15(3)16(19)4/h5,7-9,11-13H,1,6,10,14H2,2-4H3,(H,27,29)/b21-13+. The molecule has 0 aliphatic carbocycles. The second-order valence-electron chi connectivity index (χ2n) is 7.43. The predicted molar refractivity (Wildman–Crippen MR) is 138 cm³/mol. The van der Waals surface area contributed by atoms with Crippen LogP contribution in [0.2, 0.25) is 0 Å². The van der Waals surface area contributed by atoms with Crippen LogP contribution < -0.4 is 14.8 Å². The van der Waals surface area contributed by atoms with E-state index in [4.69, 9.17) is 9.47 Å². The van der Waals surface area contributed by atoms with Crippen molar-refractivity contribution in [3.63, 3.8) is 0 Å². The lowest BCUT2D eigenvalue weighted by Crippen LogP contribution is -2.36. The van der Waals surface area contributed by atoms with Crippen molar-refractivity contribution >= 4 is 56.5 Å². The van der Waals surface area contributed by atoms with Crippen molar-refractivity contribution < 1.29 is 23.9 Å². The zero-order valence-corrected chi connectivity index (χ0v) is 21.5. The second-order valence-corrected chi connectivity index (χ2v) is 9.27. The molecular weight excluding hydrogens is 520 g/mol.